The van der Waals surface area contributed by atoms with Crippen LogP contribution in [0.25, 0.3) is 0 Å². The first-order chi connectivity index (χ1) is 9.22. The summed E-state index contributed by atoms with van der Waals surface area (Å²) in [6, 6.07) is 5.63. The van der Waals surface area contributed by atoms with Crippen molar-refractivity contribution in [3.05, 3.63) is 29.3 Å². The summed E-state index contributed by atoms with van der Waals surface area (Å²) in [6.45, 7) is 4.67. The van der Waals surface area contributed by atoms with Crippen LogP contribution in [0.4, 0.5) is 5.69 Å². The van der Waals surface area contributed by atoms with Crippen molar-refractivity contribution < 1.29 is 9.59 Å². The topological polar surface area (TPSA) is 40.6 Å². The van der Waals surface area contributed by atoms with E-state index in [4.69, 9.17) is 0 Å². The Bertz CT molecular complexity index is 535. The largest absolute Gasteiger partial charge is 0.371 e. The number of carbonyl (C=O) groups is 2. The van der Waals surface area contributed by atoms with Gasteiger partial charge in [0.2, 0.25) is 0 Å². The molecule has 1 fully saturated rings. The van der Waals surface area contributed by atoms with Gasteiger partial charge in [-0.3, -0.25) is 14.5 Å². The van der Waals surface area contributed by atoms with Gasteiger partial charge in [0.25, 0.3) is 11.8 Å². The van der Waals surface area contributed by atoms with Gasteiger partial charge < -0.3 is 4.90 Å². The van der Waals surface area contributed by atoms with Crippen molar-refractivity contribution in [1.29, 1.82) is 0 Å². The Morgan fingerprint density at radius 2 is 1.84 bits per heavy atom. The molecule has 0 radical (unpaired) electrons. The number of hydrogen-bond acceptors (Lipinski definition) is 3. The van der Waals surface area contributed by atoms with Gasteiger partial charge in [0.05, 0.1) is 11.1 Å². The van der Waals surface area contributed by atoms with Gasteiger partial charge in [0.15, 0.2) is 0 Å². The summed E-state index contributed by atoms with van der Waals surface area (Å²) in [5, 5.41) is 0. The minimum Gasteiger partial charge on any atom is -0.371 e. The first-order valence-corrected chi connectivity index (χ1v) is 6.97. The van der Waals surface area contributed by atoms with Crippen molar-refractivity contribution >= 4 is 17.5 Å². The van der Waals surface area contributed by atoms with Gasteiger partial charge in [-0.2, -0.15) is 0 Å². The van der Waals surface area contributed by atoms with Gasteiger partial charge in [-0.1, -0.05) is 13.3 Å². The second kappa shape index (κ2) is 4.68. The molecule has 4 nitrogen and oxygen atoms in total. The van der Waals surface area contributed by atoms with Crippen molar-refractivity contribution in [3.8, 4) is 0 Å². The van der Waals surface area contributed by atoms with Crippen LogP contribution in [0.5, 0.6) is 0 Å². The van der Waals surface area contributed by atoms with Crippen LogP contribution in [-0.2, 0) is 0 Å². The number of benzene rings is 1. The fourth-order valence-corrected chi connectivity index (χ4v) is 2.57. The third-order valence-corrected chi connectivity index (χ3v) is 3.91. The highest BCUT2D eigenvalue weighted by atomic mass is 16.2. The first-order valence-electron chi connectivity index (χ1n) is 6.97. The number of nitrogens with zero attached hydrogens (tertiary/aromatic N) is 2. The average molecular weight is 258 g/mol. The standard InChI is InChI=1S/C15H18N2O2/c1-2-3-9-17-14(18)12-6-5-11(16-7-4-8-16)10-13(12)15(17)19/h5-6,10H,2-4,7-9H2,1H3. The number of unbranched alkanes of at least 4 members (excludes halogenated alkanes) is 1. The molecule has 0 N–H and O–H groups in total. The van der Waals surface area contributed by atoms with Gasteiger partial charge in [-0.15, -0.1) is 0 Å². The SMILES string of the molecule is CCCCN1C(=O)c2ccc(N3CCC3)cc2C1=O. The molecule has 0 aliphatic carbocycles. The molecule has 0 atom stereocenters. The highest BCUT2D eigenvalue weighted by molar-refractivity contribution is 6.21. The van der Waals surface area contributed by atoms with Crippen molar-refractivity contribution in [3.63, 3.8) is 0 Å². The lowest BCUT2D eigenvalue weighted by molar-refractivity contribution is 0.0652. The van der Waals surface area contributed by atoms with Crippen molar-refractivity contribution in [2.75, 3.05) is 24.5 Å². The molecule has 4 heteroatoms. The quantitative estimate of drug-likeness (QED) is 0.778. The highest BCUT2D eigenvalue weighted by Gasteiger charge is 2.35. The normalized spacial score (nSPS) is 17.7. The summed E-state index contributed by atoms with van der Waals surface area (Å²) in [5.41, 5.74) is 2.19. The monoisotopic (exact) mass is 258 g/mol. The van der Waals surface area contributed by atoms with Crippen LogP contribution in [0.3, 0.4) is 0 Å². The van der Waals surface area contributed by atoms with Crippen molar-refractivity contribution in [1.82, 2.24) is 4.90 Å². The third kappa shape index (κ3) is 1.91. The second-order valence-corrected chi connectivity index (χ2v) is 5.19. The van der Waals surface area contributed by atoms with Crippen LogP contribution in [-0.4, -0.2) is 36.3 Å². The third-order valence-electron chi connectivity index (χ3n) is 3.91. The lowest BCUT2D eigenvalue weighted by Crippen LogP contribution is -2.37. The minimum absolute atomic E-state index is 0.129. The zero-order valence-corrected chi connectivity index (χ0v) is 11.2. The van der Waals surface area contributed by atoms with Crippen LogP contribution >= 0.6 is 0 Å². The Labute approximate surface area is 113 Å². The fraction of sp³-hybridized carbons (Fsp3) is 0.467. The number of carbonyl (C=O) groups excluding carboxylic acids is 2. The Morgan fingerprint density at radius 1 is 1.11 bits per heavy atom. The summed E-state index contributed by atoms with van der Waals surface area (Å²) in [7, 11) is 0. The van der Waals surface area contributed by atoms with E-state index in [2.05, 4.69) is 11.8 Å². The molecular weight excluding hydrogens is 240 g/mol. The number of hydrogen-bond donors (Lipinski definition) is 0. The van der Waals surface area contributed by atoms with E-state index in [1.807, 2.05) is 12.1 Å². The number of amides is 2. The molecule has 2 amide bonds. The van der Waals surface area contributed by atoms with E-state index in [1.165, 1.54) is 11.3 Å². The van der Waals surface area contributed by atoms with E-state index < -0.39 is 0 Å². The van der Waals surface area contributed by atoms with Gasteiger partial charge in [0.1, 0.15) is 0 Å². The molecule has 1 aromatic carbocycles. The molecule has 0 bridgehead atoms. The molecule has 0 spiro atoms. The van der Waals surface area contributed by atoms with E-state index in [0.717, 1.165) is 31.6 Å². The summed E-state index contributed by atoms with van der Waals surface area (Å²) in [5.74, 6) is -0.264. The molecule has 3 rings (SSSR count). The van der Waals surface area contributed by atoms with Gasteiger partial charge in [-0.05, 0) is 31.0 Å². The van der Waals surface area contributed by atoms with E-state index >= 15 is 0 Å². The predicted molar refractivity (Wildman–Crippen MR) is 73.5 cm³/mol. The molecule has 0 saturated carbocycles. The lowest BCUT2D eigenvalue weighted by atomic mass is 10.1. The van der Waals surface area contributed by atoms with Crippen LogP contribution in [0, 0.1) is 0 Å². The molecule has 1 saturated heterocycles. The Kier molecular flexibility index (Phi) is 3.01. The zero-order chi connectivity index (χ0) is 13.4. The fourth-order valence-electron chi connectivity index (χ4n) is 2.57. The smallest absolute Gasteiger partial charge is 0.261 e. The minimum atomic E-state index is -0.136. The zero-order valence-electron chi connectivity index (χ0n) is 11.2. The van der Waals surface area contributed by atoms with Crippen molar-refractivity contribution in [2.24, 2.45) is 0 Å². The van der Waals surface area contributed by atoms with Crippen LogP contribution in [0.1, 0.15) is 46.9 Å². The molecule has 100 valence electrons. The molecule has 2 aliphatic rings. The number of rotatable bonds is 4. The summed E-state index contributed by atoms with van der Waals surface area (Å²) in [4.78, 5) is 28.1. The van der Waals surface area contributed by atoms with E-state index in [1.54, 1.807) is 6.07 Å². The number of fused-ring (bicyclic) bond motifs is 1. The van der Waals surface area contributed by atoms with Gasteiger partial charge in [-0.25, -0.2) is 0 Å². The van der Waals surface area contributed by atoms with Crippen LogP contribution < -0.4 is 4.90 Å². The van der Waals surface area contributed by atoms with Crippen LogP contribution in [0.2, 0.25) is 0 Å². The molecule has 19 heavy (non-hydrogen) atoms. The maximum absolute atomic E-state index is 12.3. The van der Waals surface area contributed by atoms with E-state index in [0.29, 0.717) is 17.7 Å². The second-order valence-electron chi connectivity index (χ2n) is 5.19. The van der Waals surface area contributed by atoms with Crippen molar-refractivity contribution in [2.45, 2.75) is 26.2 Å². The van der Waals surface area contributed by atoms with Gasteiger partial charge in [0, 0.05) is 25.3 Å². The maximum Gasteiger partial charge on any atom is 0.261 e. The molecule has 2 heterocycles. The van der Waals surface area contributed by atoms with Gasteiger partial charge >= 0.3 is 0 Å². The summed E-state index contributed by atoms with van der Waals surface area (Å²) >= 11 is 0. The highest BCUT2D eigenvalue weighted by Crippen LogP contribution is 2.29. The van der Waals surface area contributed by atoms with E-state index in [9.17, 15) is 9.59 Å². The Hall–Kier alpha value is -1.84. The molecule has 0 aromatic heterocycles. The molecular formula is C15H18N2O2. The summed E-state index contributed by atoms with van der Waals surface area (Å²) in [6.07, 6.45) is 3.05. The number of anilines is 1. The molecule has 1 aromatic rings. The summed E-state index contributed by atoms with van der Waals surface area (Å²) < 4.78 is 0. The number of imide groups is 1. The molecule has 2 aliphatic heterocycles. The predicted octanol–water partition coefficient (Wildman–Crippen LogP) is 2.29. The van der Waals surface area contributed by atoms with E-state index in [-0.39, 0.29) is 11.8 Å². The Balaban J connectivity index is 1.88. The Morgan fingerprint density at radius 3 is 2.47 bits per heavy atom. The first kappa shape index (κ1) is 12.2. The lowest BCUT2D eigenvalue weighted by Gasteiger charge is -2.33. The van der Waals surface area contributed by atoms with Crippen LogP contribution in [0.15, 0.2) is 18.2 Å². The maximum atomic E-state index is 12.3. The average Bonchev–Trinajstić information content (AvgIpc) is 2.58. The molecule has 0 unspecified atom stereocenters.